The van der Waals surface area contributed by atoms with Gasteiger partial charge in [-0.05, 0) is 53.8 Å². The van der Waals surface area contributed by atoms with Gasteiger partial charge in [-0.15, -0.1) is 11.8 Å². The molecular formula is C30H30Cl4N2O2S. The molecule has 1 atom stereocenters. The summed E-state index contributed by atoms with van der Waals surface area (Å²) in [6, 6.07) is 19.7. The standard InChI is InChI=1S/C30H30Cl4N2O2S/c31-23-12-10-21(26(33)15-23)17-36(29(37)19-39-18-22-11-13-24(32)16-27(22)34)28(14-20-6-2-1-3-7-20)30(38)35-25-8-4-5-9-25/h1-3,6-7,10-13,15-16,25,28H,4-5,8-9,14,17-19H2,(H,35,38)/t28-/m1/s1. The highest BCUT2D eigenvalue weighted by Gasteiger charge is 2.32. The minimum atomic E-state index is -0.702. The molecule has 206 valence electrons. The molecule has 0 unspecified atom stereocenters. The smallest absolute Gasteiger partial charge is 0.243 e. The molecule has 9 heteroatoms. The van der Waals surface area contributed by atoms with Crippen LogP contribution in [-0.2, 0) is 28.3 Å². The zero-order valence-corrected chi connectivity index (χ0v) is 25.2. The monoisotopic (exact) mass is 622 g/mol. The first kappa shape index (κ1) is 30.1. The number of carbonyl (C=O) groups is 2. The van der Waals surface area contributed by atoms with Crippen molar-refractivity contribution in [2.24, 2.45) is 0 Å². The summed E-state index contributed by atoms with van der Waals surface area (Å²) in [6.07, 6.45) is 4.50. The first-order valence-electron chi connectivity index (χ1n) is 12.9. The molecule has 39 heavy (non-hydrogen) atoms. The number of amides is 2. The van der Waals surface area contributed by atoms with Crippen LogP contribution in [0, 0.1) is 0 Å². The number of thioether (sulfide) groups is 1. The van der Waals surface area contributed by atoms with Crippen molar-refractivity contribution in [1.29, 1.82) is 0 Å². The van der Waals surface area contributed by atoms with Crippen molar-refractivity contribution in [2.45, 2.75) is 56.5 Å². The Labute approximate surface area is 254 Å². The van der Waals surface area contributed by atoms with E-state index in [-0.39, 0.29) is 30.2 Å². The number of benzene rings is 3. The maximum Gasteiger partial charge on any atom is 0.243 e. The van der Waals surface area contributed by atoms with Crippen LogP contribution in [0.25, 0.3) is 0 Å². The van der Waals surface area contributed by atoms with Gasteiger partial charge in [-0.3, -0.25) is 9.59 Å². The lowest BCUT2D eigenvalue weighted by Crippen LogP contribution is -2.52. The van der Waals surface area contributed by atoms with Crippen molar-refractivity contribution in [3.8, 4) is 0 Å². The van der Waals surface area contributed by atoms with Gasteiger partial charge >= 0.3 is 0 Å². The van der Waals surface area contributed by atoms with Crippen LogP contribution < -0.4 is 5.32 Å². The highest BCUT2D eigenvalue weighted by molar-refractivity contribution is 7.99. The van der Waals surface area contributed by atoms with E-state index in [1.165, 1.54) is 11.8 Å². The second kappa shape index (κ2) is 14.7. The Bertz CT molecular complexity index is 1290. The largest absolute Gasteiger partial charge is 0.352 e. The number of hydrogen-bond donors (Lipinski definition) is 1. The Hall–Kier alpha value is -1.89. The van der Waals surface area contributed by atoms with Gasteiger partial charge in [0.25, 0.3) is 0 Å². The Kier molecular flexibility index (Phi) is 11.3. The molecule has 0 radical (unpaired) electrons. The van der Waals surface area contributed by atoms with Crippen LogP contribution >= 0.6 is 58.2 Å². The summed E-state index contributed by atoms with van der Waals surface area (Å²) in [5.41, 5.74) is 2.60. The van der Waals surface area contributed by atoms with Gasteiger partial charge in [0.2, 0.25) is 11.8 Å². The van der Waals surface area contributed by atoms with E-state index in [9.17, 15) is 9.59 Å². The molecule has 4 rings (SSSR count). The third-order valence-corrected chi connectivity index (χ3v) is 8.97. The number of halogens is 4. The quantitative estimate of drug-likeness (QED) is 0.234. The Morgan fingerprint density at radius 3 is 2.10 bits per heavy atom. The van der Waals surface area contributed by atoms with Crippen LogP contribution in [0.5, 0.6) is 0 Å². The zero-order chi connectivity index (χ0) is 27.8. The van der Waals surface area contributed by atoms with Crippen molar-refractivity contribution in [3.05, 3.63) is 104 Å². The van der Waals surface area contributed by atoms with E-state index < -0.39 is 6.04 Å². The zero-order valence-electron chi connectivity index (χ0n) is 21.3. The second-order valence-corrected chi connectivity index (χ2v) is 12.4. The molecule has 4 nitrogen and oxygen atoms in total. The maximum absolute atomic E-state index is 13.8. The van der Waals surface area contributed by atoms with Crippen LogP contribution in [0.2, 0.25) is 20.1 Å². The SMILES string of the molecule is O=C(NC1CCCC1)[C@@H](Cc1ccccc1)N(Cc1ccc(Cl)cc1Cl)C(=O)CSCc1ccc(Cl)cc1Cl. The van der Waals surface area contributed by atoms with E-state index in [0.29, 0.717) is 32.3 Å². The fourth-order valence-electron chi connectivity index (χ4n) is 4.72. The van der Waals surface area contributed by atoms with E-state index in [1.807, 2.05) is 36.4 Å². The fraction of sp³-hybridized carbons (Fsp3) is 0.333. The van der Waals surface area contributed by atoms with Crippen LogP contribution in [0.3, 0.4) is 0 Å². The predicted molar refractivity (Wildman–Crippen MR) is 164 cm³/mol. The molecule has 0 aliphatic heterocycles. The average Bonchev–Trinajstić information content (AvgIpc) is 3.42. The predicted octanol–water partition coefficient (Wildman–Crippen LogP) is 8.23. The first-order valence-corrected chi connectivity index (χ1v) is 15.6. The Morgan fingerprint density at radius 1 is 0.872 bits per heavy atom. The van der Waals surface area contributed by atoms with Crippen LogP contribution in [0.15, 0.2) is 66.7 Å². The molecule has 2 amide bonds. The minimum absolute atomic E-state index is 0.133. The fourth-order valence-corrected chi connectivity index (χ4v) is 6.66. The number of carbonyl (C=O) groups excluding carboxylic acids is 2. The molecule has 1 N–H and O–H groups in total. The number of nitrogens with one attached hydrogen (secondary N) is 1. The molecule has 0 saturated heterocycles. The molecular weight excluding hydrogens is 594 g/mol. The third-order valence-electron chi connectivity index (χ3n) is 6.83. The number of rotatable bonds is 11. The molecule has 0 aromatic heterocycles. The van der Waals surface area contributed by atoms with E-state index in [0.717, 1.165) is 42.4 Å². The van der Waals surface area contributed by atoms with Crippen LogP contribution in [0.1, 0.15) is 42.4 Å². The summed E-state index contributed by atoms with van der Waals surface area (Å²) in [7, 11) is 0. The van der Waals surface area contributed by atoms with Gasteiger partial charge in [-0.25, -0.2) is 0 Å². The lowest BCUT2D eigenvalue weighted by Gasteiger charge is -2.32. The van der Waals surface area contributed by atoms with Gasteiger partial charge in [-0.1, -0.05) is 102 Å². The minimum Gasteiger partial charge on any atom is -0.352 e. The highest BCUT2D eigenvalue weighted by Crippen LogP contribution is 2.27. The highest BCUT2D eigenvalue weighted by atomic mass is 35.5. The van der Waals surface area contributed by atoms with Crippen molar-refractivity contribution >= 4 is 70.0 Å². The second-order valence-electron chi connectivity index (χ2n) is 9.68. The van der Waals surface area contributed by atoms with Crippen molar-refractivity contribution < 1.29 is 9.59 Å². The topological polar surface area (TPSA) is 49.4 Å². The van der Waals surface area contributed by atoms with Crippen molar-refractivity contribution in [1.82, 2.24) is 10.2 Å². The molecule has 0 spiro atoms. The van der Waals surface area contributed by atoms with Gasteiger partial charge in [0.05, 0.1) is 5.75 Å². The molecule has 1 fully saturated rings. The molecule has 0 heterocycles. The van der Waals surface area contributed by atoms with Gasteiger partial charge < -0.3 is 10.2 Å². The van der Waals surface area contributed by atoms with E-state index in [1.54, 1.807) is 35.2 Å². The van der Waals surface area contributed by atoms with Crippen molar-refractivity contribution in [2.75, 3.05) is 5.75 Å². The number of hydrogen-bond acceptors (Lipinski definition) is 3. The Morgan fingerprint density at radius 2 is 1.49 bits per heavy atom. The Balaban J connectivity index is 1.59. The van der Waals surface area contributed by atoms with Gasteiger partial charge in [-0.2, -0.15) is 0 Å². The summed E-state index contributed by atoms with van der Waals surface area (Å²) in [5, 5.41) is 5.30. The normalized spacial score (nSPS) is 14.3. The summed E-state index contributed by atoms with van der Waals surface area (Å²) in [4.78, 5) is 29.2. The average molecular weight is 624 g/mol. The van der Waals surface area contributed by atoms with E-state index in [4.69, 9.17) is 46.4 Å². The first-order chi connectivity index (χ1) is 18.8. The molecule has 1 aliphatic carbocycles. The molecule has 0 bridgehead atoms. The summed E-state index contributed by atoms with van der Waals surface area (Å²) in [6.45, 7) is 0.187. The van der Waals surface area contributed by atoms with E-state index in [2.05, 4.69) is 5.32 Å². The van der Waals surface area contributed by atoms with Crippen molar-refractivity contribution in [3.63, 3.8) is 0 Å². The van der Waals surface area contributed by atoms with Crippen LogP contribution in [0.4, 0.5) is 0 Å². The summed E-state index contributed by atoms with van der Waals surface area (Å²) in [5.74, 6) is 0.412. The van der Waals surface area contributed by atoms with Crippen LogP contribution in [-0.4, -0.2) is 34.6 Å². The van der Waals surface area contributed by atoms with Gasteiger partial charge in [0.1, 0.15) is 6.04 Å². The summed E-state index contributed by atoms with van der Waals surface area (Å²) < 4.78 is 0. The number of nitrogens with zero attached hydrogens (tertiary/aromatic N) is 1. The third kappa shape index (κ3) is 8.80. The molecule has 3 aromatic carbocycles. The van der Waals surface area contributed by atoms with Gasteiger partial charge in [0.15, 0.2) is 0 Å². The maximum atomic E-state index is 13.8. The lowest BCUT2D eigenvalue weighted by atomic mass is 10.0. The molecule has 3 aromatic rings. The molecule has 1 saturated carbocycles. The summed E-state index contributed by atoms with van der Waals surface area (Å²) >= 11 is 26.5. The molecule has 1 aliphatic rings. The lowest BCUT2D eigenvalue weighted by molar-refractivity contribution is -0.139. The van der Waals surface area contributed by atoms with Gasteiger partial charge in [0, 0.05) is 44.9 Å². The van der Waals surface area contributed by atoms with E-state index >= 15 is 0 Å².